The van der Waals surface area contributed by atoms with E-state index in [1.54, 1.807) is 11.3 Å². The van der Waals surface area contributed by atoms with Crippen LogP contribution < -0.4 is 0 Å². The third-order valence-electron chi connectivity index (χ3n) is 3.14. The van der Waals surface area contributed by atoms with Crippen molar-refractivity contribution in [2.45, 2.75) is 33.2 Å². The van der Waals surface area contributed by atoms with Gasteiger partial charge in [-0.2, -0.15) is 0 Å². The van der Waals surface area contributed by atoms with E-state index < -0.39 is 0 Å². The highest BCUT2D eigenvalue weighted by molar-refractivity contribution is 7.15. The summed E-state index contributed by atoms with van der Waals surface area (Å²) >= 11 is 1.80. The fourth-order valence-electron chi connectivity index (χ4n) is 2.23. The van der Waals surface area contributed by atoms with Crippen LogP contribution in [-0.2, 0) is 13.0 Å². The summed E-state index contributed by atoms with van der Waals surface area (Å²) in [6.45, 7) is 5.49. The van der Waals surface area contributed by atoms with E-state index in [0.717, 1.165) is 30.5 Å². The van der Waals surface area contributed by atoms with Crippen LogP contribution in [0.4, 0.5) is 0 Å². The second kappa shape index (κ2) is 3.70. The van der Waals surface area contributed by atoms with Gasteiger partial charge in [-0.25, -0.2) is 0 Å². The van der Waals surface area contributed by atoms with E-state index in [2.05, 4.69) is 40.7 Å². The van der Waals surface area contributed by atoms with Crippen molar-refractivity contribution in [3.05, 3.63) is 22.8 Å². The molecule has 3 heterocycles. The maximum atomic E-state index is 4.34. The van der Waals surface area contributed by atoms with Crippen molar-refractivity contribution in [1.82, 2.24) is 14.8 Å². The Labute approximate surface area is 99.1 Å². The van der Waals surface area contributed by atoms with E-state index >= 15 is 0 Å². The second-order valence-corrected chi connectivity index (χ2v) is 5.89. The molecule has 0 aliphatic carbocycles. The van der Waals surface area contributed by atoms with Gasteiger partial charge in [0.05, 0.1) is 4.88 Å². The summed E-state index contributed by atoms with van der Waals surface area (Å²) in [4.78, 5) is 2.57. The van der Waals surface area contributed by atoms with Crippen molar-refractivity contribution in [3.8, 4) is 10.7 Å². The number of hydrogen-bond acceptors (Lipinski definition) is 3. The van der Waals surface area contributed by atoms with Gasteiger partial charge in [-0.3, -0.25) is 0 Å². The molecule has 3 nitrogen and oxygen atoms in total. The lowest BCUT2D eigenvalue weighted by atomic mass is 10.0. The summed E-state index contributed by atoms with van der Waals surface area (Å²) < 4.78 is 2.29. The van der Waals surface area contributed by atoms with Crippen LogP contribution in [0.25, 0.3) is 10.7 Å². The molecule has 0 bridgehead atoms. The molecule has 1 atom stereocenters. The van der Waals surface area contributed by atoms with E-state index in [9.17, 15) is 0 Å². The number of thiophene rings is 1. The highest BCUT2D eigenvalue weighted by atomic mass is 32.1. The van der Waals surface area contributed by atoms with E-state index in [-0.39, 0.29) is 0 Å². The van der Waals surface area contributed by atoms with E-state index in [4.69, 9.17) is 0 Å². The van der Waals surface area contributed by atoms with Crippen molar-refractivity contribution in [2.75, 3.05) is 0 Å². The molecule has 0 saturated carbocycles. The van der Waals surface area contributed by atoms with Crippen LogP contribution in [0.3, 0.4) is 0 Å². The van der Waals surface area contributed by atoms with Crippen LogP contribution in [0.15, 0.2) is 12.1 Å². The van der Waals surface area contributed by atoms with Gasteiger partial charge in [-0.1, -0.05) is 6.92 Å². The Hall–Kier alpha value is -1.16. The summed E-state index contributed by atoms with van der Waals surface area (Å²) in [6, 6.07) is 4.30. The Morgan fingerprint density at radius 1 is 1.38 bits per heavy atom. The molecule has 0 N–H and O–H groups in total. The standard InChI is InChI=1S/C12H15N3S/c1-8-3-6-11-13-14-12(15(11)7-8)10-5-4-9(2)16-10/h4-5,8H,3,6-7H2,1-2H3. The van der Waals surface area contributed by atoms with Crippen molar-refractivity contribution in [1.29, 1.82) is 0 Å². The Morgan fingerprint density at radius 2 is 2.25 bits per heavy atom. The van der Waals surface area contributed by atoms with Gasteiger partial charge >= 0.3 is 0 Å². The predicted octanol–water partition coefficient (Wildman–Crippen LogP) is 2.90. The van der Waals surface area contributed by atoms with Gasteiger partial charge in [0.15, 0.2) is 5.82 Å². The Morgan fingerprint density at radius 3 is 3.00 bits per heavy atom. The average Bonchev–Trinajstić information content (AvgIpc) is 2.83. The molecule has 0 aromatic carbocycles. The normalized spacial score (nSPS) is 19.8. The number of rotatable bonds is 1. The maximum absolute atomic E-state index is 4.34. The van der Waals surface area contributed by atoms with Gasteiger partial charge in [0.1, 0.15) is 5.82 Å². The maximum Gasteiger partial charge on any atom is 0.174 e. The number of nitrogens with zero attached hydrogens (tertiary/aromatic N) is 3. The fourth-order valence-corrected chi connectivity index (χ4v) is 3.09. The van der Waals surface area contributed by atoms with Crippen LogP contribution >= 0.6 is 11.3 Å². The lowest BCUT2D eigenvalue weighted by Gasteiger charge is -2.20. The van der Waals surface area contributed by atoms with Gasteiger partial charge in [0.25, 0.3) is 0 Å². The Kier molecular flexibility index (Phi) is 2.32. The number of hydrogen-bond donors (Lipinski definition) is 0. The highest BCUT2D eigenvalue weighted by Gasteiger charge is 2.21. The molecule has 3 rings (SSSR count). The number of aryl methyl sites for hydroxylation is 2. The zero-order valence-corrected chi connectivity index (χ0v) is 10.4. The summed E-state index contributed by atoms with van der Waals surface area (Å²) in [5.41, 5.74) is 0. The summed E-state index contributed by atoms with van der Waals surface area (Å²) in [6.07, 6.45) is 2.31. The van der Waals surface area contributed by atoms with Crippen LogP contribution in [0.5, 0.6) is 0 Å². The second-order valence-electron chi connectivity index (χ2n) is 4.60. The number of fused-ring (bicyclic) bond motifs is 1. The van der Waals surface area contributed by atoms with E-state index in [0.29, 0.717) is 0 Å². The first kappa shape index (κ1) is 10.0. The first-order valence-corrected chi connectivity index (χ1v) is 6.54. The highest BCUT2D eigenvalue weighted by Crippen LogP contribution is 2.29. The molecule has 0 fully saturated rings. The van der Waals surface area contributed by atoms with E-state index in [1.165, 1.54) is 16.2 Å². The van der Waals surface area contributed by atoms with Gasteiger partial charge in [-0.05, 0) is 31.4 Å². The van der Waals surface area contributed by atoms with Crippen LogP contribution in [-0.4, -0.2) is 14.8 Å². The molecule has 16 heavy (non-hydrogen) atoms. The predicted molar refractivity (Wildman–Crippen MR) is 65.6 cm³/mol. The molecule has 84 valence electrons. The zero-order chi connectivity index (χ0) is 11.1. The fraction of sp³-hybridized carbons (Fsp3) is 0.500. The largest absolute Gasteiger partial charge is 0.310 e. The minimum Gasteiger partial charge on any atom is -0.310 e. The first-order chi connectivity index (χ1) is 7.74. The summed E-state index contributed by atoms with van der Waals surface area (Å²) in [7, 11) is 0. The quantitative estimate of drug-likeness (QED) is 0.758. The minimum atomic E-state index is 0.739. The molecule has 0 spiro atoms. The Bertz CT molecular complexity index is 512. The van der Waals surface area contributed by atoms with Gasteiger partial charge in [0.2, 0.25) is 0 Å². The van der Waals surface area contributed by atoms with Crippen molar-refractivity contribution in [3.63, 3.8) is 0 Å². The monoisotopic (exact) mass is 233 g/mol. The third-order valence-corrected chi connectivity index (χ3v) is 4.14. The molecule has 4 heteroatoms. The lowest BCUT2D eigenvalue weighted by Crippen LogP contribution is -2.18. The van der Waals surface area contributed by atoms with E-state index in [1.807, 2.05) is 0 Å². The topological polar surface area (TPSA) is 30.7 Å². The first-order valence-electron chi connectivity index (χ1n) is 5.73. The molecule has 2 aromatic rings. The molecule has 1 aliphatic heterocycles. The third kappa shape index (κ3) is 1.57. The molecular formula is C12H15N3S. The molecule has 1 aliphatic rings. The van der Waals surface area contributed by atoms with Crippen molar-refractivity contribution < 1.29 is 0 Å². The number of aromatic nitrogens is 3. The zero-order valence-electron chi connectivity index (χ0n) is 9.60. The van der Waals surface area contributed by atoms with Gasteiger partial charge < -0.3 is 4.57 Å². The van der Waals surface area contributed by atoms with Crippen molar-refractivity contribution in [2.24, 2.45) is 5.92 Å². The van der Waals surface area contributed by atoms with Crippen LogP contribution in [0.2, 0.25) is 0 Å². The minimum absolute atomic E-state index is 0.739. The lowest BCUT2D eigenvalue weighted by molar-refractivity contribution is 0.396. The van der Waals surface area contributed by atoms with Gasteiger partial charge in [0, 0.05) is 17.8 Å². The summed E-state index contributed by atoms with van der Waals surface area (Å²) in [5, 5.41) is 8.64. The van der Waals surface area contributed by atoms with Crippen molar-refractivity contribution >= 4 is 11.3 Å². The molecular weight excluding hydrogens is 218 g/mol. The smallest absolute Gasteiger partial charge is 0.174 e. The molecule has 2 aromatic heterocycles. The summed E-state index contributed by atoms with van der Waals surface area (Å²) in [5.74, 6) is 2.95. The van der Waals surface area contributed by atoms with Gasteiger partial charge in [-0.15, -0.1) is 21.5 Å². The van der Waals surface area contributed by atoms with Crippen LogP contribution in [0, 0.1) is 12.8 Å². The average molecular weight is 233 g/mol. The Balaban J connectivity index is 2.06. The molecule has 0 saturated heterocycles. The van der Waals surface area contributed by atoms with Crippen LogP contribution in [0.1, 0.15) is 24.0 Å². The SMILES string of the molecule is Cc1ccc(-c2nnc3n2CC(C)CC3)s1. The molecule has 0 radical (unpaired) electrons. The molecule has 1 unspecified atom stereocenters. The molecule has 0 amide bonds.